The van der Waals surface area contributed by atoms with E-state index < -0.39 is 5.97 Å². The Labute approximate surface area is 134 Å². The monoisotopic (exact) mass is 365 g/mol. The zero-order valence-electron chi connectivity index (χ0n) is 11.2. The van der Waals surface area contributed by atoms with Gasteiger partial charge in [-0.25, -0.2) is 4.79 Å². The van der Waals surface area contributed by atoms with E-state index in [0.29, 0.717) is 16.6 Å². The fraction of sp³-hybridized carbons (Fsp3) is 0.133. The molecule has 1 aromatic heterocycles. The van der Waals surface area contributed by atoms with E-state index in [1.54, 1.807) is 31.3 Å². The highest BCUT2D eigenvalue weighted by atomic mass is 79.9. The van der Waals surface area contributed by atoms with Gasteiger partial charge >= 0.3 is 5.97 Å². The number of carboxylic acids is 1. The van der Waals surface area contributed by atoms with Gasteiger partial charge < -0.3 is 5.11 Å². The Morgan fingerprint density at radius 2 is 1.95 bits per heavy atom. The van der Waals surface area contributed by atoms with Gasteiger partial charge in [0.1, 0.15) is 5.69 Å². The molecule has 0 saturated carbocycles. The summed E-state index contributed by atoms with van der Waals surface area (Å²) >= 11 is 4.61. The summed E-state index contributed by atoms with van der Waals surface area (Å²) in [7, 11) is 0. The van der Waals surface area contributed by atoms with Crippen LogP contribution in [0.15, 0.2) is 50.8 Å². The number of benzene rings is 1. The van der Waals surface area contributed by atoms with E-state index >= 15 is 0 Å². The zero-order valence-corrected chi connectivity index (χ0v) is 13.6. The molecular formula is C15H12BrNO3S. The van der Waals surface area contributed by atoms with Gasteiger partial charge in [-0.1, -0.05) is 18.7 Å². The highest BCUT2D eigenvalue weighted by Gasteiger charge is 2.10. The lowest BCUT2D eigenvalue weighted by Gasteiger charge is -2.05. The minimum atomic E-state index is -0.980. The average molecular weight is 366 g/mol. The molecule has 0 bridgehead atoms. The molecular weight excluding hydrogens is 354 g/mol. The van der Waals surface area contributed by atoms with Crippen LogP contribution in [0.1, 0.15) is 34.2 Å². The van der Waals surface area contributed by atoms with Crippen LogP contribution in [0.3, 0.4) is 0 Å². The molecule has 6 heteroatoms. The summed E-state index contributed by atoms with van der Waals surface area (Å²) in [5, 5.41) is 9.09. The zero-order chi connectivity index (χ0) is 15.4. The second-order valence-corrected chi connectivity index (χ2v) is 6.21. The van der Waals surface area contributed by atoms with Gasteiger partial charge in [-0.2, -0.15) is 0 Å². The second kappa shape index (κ2) is 6.87. The fourth-order valence-corrected chi connectivity index (χ4v) is 2.90. The molecule has 2 aromatic rings. The number of hydrogen-bond acceptors (Lipinski definition) is 4. The molecule has 1 aromatic carbocycles. The van der Waals surface area contributed by atoms with Crippen molar-refractivity contribution in [3.8, 4) is 0 Å². The fourth-order valence-electron chi connectivity index (χ4n) is 1.65. The Balaban J connectivity index is 2.20. The number of aromatic carboxylic acids is 1. The van der Waals surface area contributed by atoms with Gasteiger partial charge in [0.15, 0.2) is 5.78 Å². The molecule has 0 spiro atoms. The predicted molar refractivity (Wildman–Crippen MR) is 84.1 cm³/mol. The van der Waals surface area contributed by atoms with Crippen molar-refractivity contribution in [3.05, 3.63) is 52.3 Å². The number of nitrogens with zero attached hydrogens (tertiary/aromatic N) is 1. The van der Waals surface area contributed by atoms with Crippen LogP contribution in [0.5, 0.6) is 0 Å². The van der Waals surface area contributed by atoms with Crippen molar-refractivity contribution in [1.29, 1.82) is 0 Å². The normalized spacial score (nSPS) is 10.4. The van der Waals surface area contributed by atoms with E-state index in [1.165, 1.54) is 11.8 Å². The quantitative estimate of drug-likeness (QED) is 0.800. The maximum atomic E-state index is 11.5. The largest absolute Gasteiger partial charge is 0.478 e. The van der Waals surface area contributed by atoms with Gasteiger partial charge in [0.25, 0.3) is 0 Å². The molecule has 2 rings (SSSR count). The third-order valence-electron chi connectivity index (χ3n) is 2.75. The van der Waals surface area contributed by atoms with Crippen molar-refractivity contribution in [2.45, 2.75) is 23.1 Å². The average Bonchev–Trinajstić information content (AvgIpc) is 2.49. The van der Waals surface area contributed by atoms with Crippen molar-refractivity contribution in [3.63, 3.8) is 0 Å². The van der Waals surface area contributed by atoms with E-state index in [1.807, 2.05) is 12.1 Å². The number of carboxylic acid groups (broad SMARTS) is 1. The maximum Gasteiger partial charge on any atom is 0.336 e. The number of aromatic nitrogens is 1. The van der Waals surface area contributed by atoms with Crippen LogP contribution in [0.4, 0.5) is 0 Å². The first-order valence-corrected chi connectivity index (χ1v) is 7.82. The molecule has 0 amide bonds. The molecule has 1 heterocycles. The summed E-state index contributed by atoms with van der Waals surface area (Å²) < 4.78 is 0.543. The molecule has 4 nitrogen and oxygen atoms in total. The standard InChI is InChI=1S/C15H12BrNO3S/c1-2-14(18)13-6-4-10(8-17-13)21-9-3-5-12(16)11(7-9)15(19)20/h3-8H,2H2,1H3,(H,19,20). The van der Waals surface area contributed by atoms with Crippen molar-refractivity contribution >= 4 is 39.4 Å². The Bertz CT molecular complexity index is 686. The number of ketones is 1. The Morgan fingerprint density at radius 1 is 1.24 bits per heavy atom. The number of rotatable bonds is 5. The second-order valence-electron chi connectivity index (χ2n) is 4.20. The summed E-state index contributed by atoms with van der Waals surface area (Å²) in [6.45, 7) is 1.79. The molecule has 21 heavy (non-hydrogen) atoms. The van der Waals surface area contributed by atoms with E-state index in [2.05, 4.69) is 20.9 Å². The molecule has 1 N–H and O–H groups in total. The third-order valence-corrected chi connectivity index (χ3v) is 4.41. The summed E-state index contributed by atoms with van der Waals surface area (Å²) in [6.07, 6.45) is 2.05. The number of pyridine rings is 1. The number of Topliss-reactive ketones (excluding diaryl/α,β-unsaturated/α-hetero) is 1. The molecule has 0 aliphatic heterocycles. The Hall–Kier alpha value is -1.66. The lowest BCUT2D eigenvalue weighted by Crippen LogP contribution is -1.99. The molecule has 0 aliphatic carbocycles. The van der Waals surface area contributed by atoms with Gasteiger partial charge in [0.05, 0.1) is 5.56 Å². The first-order valence-electron chi connectivity index (χ1n) is 6.21. The van der Waals surface area contributed by atoms with Gasteiger partial charge in [0, 0.05) is 26.9 Å². The first-order chi connectivity index (χ1) is 10.0. The Morgan fingerprint density at radius 3 is 2.52 bits per heavy atom. The van der Waals surface area contributed by atoms with Crippen LogP contribution in [0.25, 0.3) is 0 Å². The van der Waals surface area contributed by atoms with Gasteiger partial charge in [-0.15, -0.1) is 0 Å². The third kappa shape index (κ3) is 3.92. The van der Waals surface area contributed by atoms with Crippen molar-refractivity contribution < 1.29 is 14.7 Å². The van der Waals surface area contributed by atoms with E-state index in [9.17, 15) is 9.59 Å². The number of halogens is 1. The number of carbonyl (C=O) groups excluding carboxylic acids is 1. The van der Waals surface area contributed by atoms with Crippen LogP contribution < -0.4 is 0 Å². The Kier molecular flexibility index (Phi) is 5.14. The topological polar surface area (TPSA) is 67.3 Å². The first kappa shape index (κ1) is 15.7. The summed E-state index contributed by atoms with van der Waals surface area (Å²) in [5.41, 5.74) is 0.662. The highest BCUT2D eigenvalue weighted by Crippen LogP contribution is 2.30. The van der Waals surface area contributed by atoms with Crippen molar-refractivity contribution in [2.75, 3.05) is 0 Å². The minimum absolute atomic E-state index is 0.00311. The van der Waals surface area contributed by atoms with E-state index in [0.717, 1.165) is 9.79 Å². The van der Waals surface area contributed by atoms with Crippen LogP contribution in [-0.4, -0.2) is 21.8 Å². The molecule has 0 saturated heterocycles. The van der Waals surface area contributed by atoms with Crippen LogP contribution in [-0.2, 0) is 0 Å². The molecule has 0 aliphatic rings. The number of hydrogen-bond donors (Lipinski definition) is 1. The van der Waals surface area contributed by atoms with Crippen LogP contribution >= 0.6 is 27.7 Å². The van der Waals surface area contributed by atoms with Gasteiger partial charge in [-0.05, 0) is 46.3 Å². The molecule has 0 fully saturated rings. The SMILES string of the molecule is CCC(=O)c1ccc(Sc2ccc(Br)c(C(=O)O)c2)cn1. The molecule has 0 radical (unpaired) electrons. The van der Waals surface area contributed by atoms with Crippen LogP contribution in [0.2, 0.25) is 0 Å². The highest BCUT2D eigenvalue weighted by molar-refractivity contribution is 9.10. The smallest absolute Gasteiger partial charge is 0.336 e. The van der Waals surface area contributed by atoms with Gasteiger partial charge in [-0.3, -0.25) is 9.78 Å². The predicted octanol–water partition coefficient (Wildman–Crippen LogP) is 4.29. The molecule has 108 valence electrons. The lowest BCUT2D eigenvalue weighted by molar-refractivity contribution is 0.0695. The summed E-state index contributed by atoms with van der Waals surface area (Å²) in [6, 6.07) is 8.62. The van der Waals surface area contributed by atoms with E-state index in [4.69, 9.17) is 5.11 Å². The number of carbonyl (C=O) groups is 2. The lowest BCUT2D eigenvalue weighted by atomic mass is 10.2. The molecule has 0 atom stereocenters. The van der Waals surface area contributed by atoms with Crippen molar-refractivity contribution in [2.24, 2.45) is 0 Å². The summed E-state index contributed by atoms with van der Waals surface area (Å²) in [5.74, 6) is -0.977. The minimum Gasteiger partial charge on any atom is -0.478 e. The maximum absolute atomic E-state index is 11.5. The van der Waals surface area contributed by atoms with E-state index in [-0.39, 0.29) is 11.3 Å². The summed E-state index contributed by atoms with van der Waals surface area (Å²) in [4.78, 5) is 28.4. The van der Waals surface area contributed by atoms with Crippen molar-refractivity contribution in [1.82, 2.24) is 4.98 Å². The van der Waals surface area contributed by atoms with Gasteiger partial charge in [0.2, 0.25) is 0 Å². The molecule has 0 unspecified atom stereocenters. The van der Waals surface area contributed by atoms with Crippen LogP contribution in [0, 0.1) is 0 Å².